The number of nitrogens with zero attached hydrogens (tertiary/aromatic N) is 3. The Bertz CT molecular complexity index is 912. The minimum Gasteiger partial charge on any atom is -0.497 e. The lowest BCUT2D eigenvalue weighted by Crippen LogP contribution is -2.49. The first kappa shape index (κ1) is 21.2. The third kappa shape index (κ3) is 5.51. The van der Waals surface area contributed by atoms with Gasteiger partial charge < -0.3 is 19.9 Å². The zero-order valence-electron chi connectivity index (χ0n) is 17.0. The Morgan fingerprint density at radius 2 is 1.80 bits per heavy atom. The fourth-order valence-corrected chi connectivity index (χ4v) is 3.31. The predicted octanol–water partition coefficient (Wildman–Crippen LogP) is 2.72. The molecule has 2 aromatic carbocycles. The number of methoxy groups -OCH3 is 1. The minimum absolute atomic E-state index is 0.0972. The Labute approximate surface area is 176 Å². The van der Waals surface area contributed by atoms with Crippen molar-refractivity contribution in [1.82, 2.24) is 10.2 Å². The number of anilines is 1. The van der Waals surface area contributed by atoms with Crippen molar-refractivity contribution in [2.75, 3.05) is 44.7 Å². The summed E-state index contributed by atoms with van der Waals surface area (Å²) in [5, 5.41) is 12.5. The molecule has 0 saturated carbocycles. The Kier molecular flexibility index (Phi) is 7.28. The van der Waals surface area contributed by atoms with Gasteiger partial charge in [0.05, 0.1) is 7.11 Å². The van der Waals surface area contributed by atoms with Crippen LogP contribution < -0.4 is 15.0 Å². The molecule has 0 spiro atoms. The lowest BCUT2D eigenvalue weighted by Gasteiger charge is -2.36. The van der Waals surface area contributed by atoms with Gasteiger partial charge in [0.25, 0.3) is 5.91 Å². The molecule has 1 saturated heterocycles. The number of hydrogen-bond acceptors (Lipinski definition) is 5. The van der Waals surface area contributed by atoms with Crippen molar-refractivity contribution in [3.05, 3.63) is 71.7 Å². The third-order valence-electron chi connectivity index (χ3n) is 5.07. The molecule has 1 aliphatic rings. The number of hydrogen-bond donors (Lipinski definition) is 1. The van der Waals surface area contributed by atoms with E-state index in [0.29, 0.717) is 32.7 Å². The van der Waals surface area contributed by atoms with E-state index in [-0.39, 0.29) is 17.3 Å². The molecule has 0 aliphatic carbocycles. The van der Waals surface area contributed by atoms with Crippen LogP contribution >= 0.6 is 0 Å². The van der Waals surface area contributed by atoms with Crippen LogP contribution in [0, 0.1) is 17.1 Å². The molecule has 6 nitrogen and oxygen atoms in total. The van der Waals surface area contributed by atoms with Crippen LogP contribution in [0.15, 0.2) is 60.3 Å². The van der Waals surface area contributed by atoms with E-state index in [0.717, 1.165) is 23.4 Å². The number of ether oxygens (including phenoxy) is 1. The quantitative estimate of drug-likeness (QED) is 0.433. The fourth-order valence-electron chi connectivity index (χ4n) is 3.31. The monoisotopic (exact) mass is 408 g/mol. The van der Waals surface area contributed by atoms with E-state index in [1.54, 1.807) is 24.1 Å². The Morgan fingerprint density at radius 1 is 1.13 bits per heavy atom. The second kappa shape index (κ2) is 10.3. The molecular formula is C23H25FN4O2. The van der Waals surface area contributed by atoms with Crippen LogP contribution in [-0.4, -0.2) is 50.6 Å². The van der Waals surface area contributed by atoms with E-state index in [1.165, 1.54) is 18.3 Å². The smallest absolute Gasteiger partial charge is 0.266 e. The van der Waals surface area contributed by atoms with Gasteiger partial charge in [-0.15, -0.1) is 0 Å². The average molecular weight is 408 g/mol. The molecule has 2 aromatic rings. The molecule has 1 amide bonds. The lowest BCUT2D eigenvalue weighted by molar-refractivity contribution is -0.127. The third-order valence-corrected chi connectivity index (χ3v) is 5.07. The van der Waals surface area contributed by atoms with Crippen LogP contribution in [0.3, 0.4) is 0 Å². The molecule has 0 radical (unpaired) electrons. The molecule has 0 unspecified atom stereocenters. The van der Waals surface area contributed by atoms with E-state index in [9.17, 15) is 14.4 Å². The fraction of sp³-hybridized carbons (Fsp3) is 0.304. The SMILES string of the molecule is COc1ccc(CCN/C=C(/C#N)C(=O)N2CCN(c3ccc(F)cc3)CC2)cc1. The second-order valence-electron chi connectivity index (χ2n) is 6.98. The van der Waals surface area contributed by atoms with Crippen molar-refractivity contribution >= 4 is 11.6 Å². The molecule has 156 valence electrons. The van der Waals surface area contributed by atoms with Gasteiger partial charge in [-0.05, 0) is 48.4 Å². The zero-order valence-corrected chi connectivity index (χ0v) is 17.0. The lowest BCUT2D eigenvalue weighted by atomic mass is 10.1. The number of rotatable bonds is 7. The minimum atomic E-state index is -0.270. The molecule has 7 heteroatoms. The van der Waals surface area contributed by atoms with Crippen molar-refractivity contribution in [3.8, 4) is 11.8 Å². The summed E-state index contributed by atoms with van der Waals surface area (Å²) in [6, 6.07) is 16.1. The normalized spacial score (nSPS) is 14.2. The molecule has 0 bridgehead atoms. The highest BCUT2D eigenvalue weighted by Gasteiger charge is 2.23. The van der Waals surface area contributed by atoms with Crippen molar-refractivity contribution in [2.24, 2.45) is 0 Å². The number of carbonyl (C=O) groups is 1. The Morgan fingerprint density at radius 3 is 2.40 bits per heavy atom. The number of nitrogens with one attached hydrogen (secondary N) is 1. The summed E-state index contributed by atoms with van der Waals surface area (Å²) in [5.41, 5.74) is 2.16. The molecular weight excluding hydrogens is 383 g/mol. The highest BCUT2D eigenvalue weighted by molar-refractivity contribution is 5.97. The summed E-state index contributed by atoms with van der Waals surface area (Å²) in [6.07, 6.45) is 2.27. The van der Waals surface area contributed by atoms with Gasteiger partial charge in [0, 0.05) is 44.6 Å². The standard InChI is InChI=1S/C23H25FN4O2/c1-30-22-8-2-18(3-9-22)10-11-26-17-19(16-25)23(29)28-14-12-27(13-15-28)21-6-4-20(24)5-7-21/h2-9,17,26H,10-15H2,1H3/b19-17-. The van der Waals surface area contributed by atoms with Gasteiger partial charge in [0.15, 0.2) is 0 Å². The van der Waals surface area contributed by atoms with E-state index >= 15 is 0 Å². The average Bonchev–Trinajstić information content (AvgIpc) is 2.80. The largest absolute Gasteiger partial charge is 0.497 e. The second-order valence-corrected chi connectivity index (χ2v) is 6.98. The van der Waals surface area contributed by atoms with Crippen molar-refractivity contribution < 1.29 is 13.9 Å². The van der Waals surface area contributed by atoms with Crippen molar-refractivity contribution in [2.45, 2.75) is 6.42 Å². The van der Waals surface area contributed by atoms with Gasteiger partial charge in [-0.3, -0.25) is 4.79 Å². The molecule has 30 heavy (non-hydrogen) atoms. The van der Waals surface area contributed by atoms with Crippen LogP contribution in [0.1, 0.15) is 5.56 Å². The van der Waals surface area contributed by atoms with E-state index in [4.69, 9.17) is 4.74 Å². The number of nitriles is 1. The number of benzene rings is 2. The van der Waals surface area contributed by atoms with E-state index in [1.807, 2.05) is 30.3 Å². The maximum Gasteiger partial charge on any atom is 0.266 e. The summed E-state index contributed by atoms with van der Waals surface area (Å²) in [4.78, 5) is 16.4. The first-order valence-electron chi connectivity index (χ1n) is 9.87. The molecule has 1 N–H and O–H groups in total. The van der Waals surface area contributed by atoms with E-state index < -0.39 is 0 Å². The molecule has 0 aromatic heterocycles. The molecule has 1 heterocycles. The first-order chi connectivity index (χ1) is 14.6. The van der Waals surface area contributed by atoms with Gasteiger partial charge in [-0.25, -0.2) is 4.39 Å². The van der Waals surface area contributed by atoms with Crippen LogP contribution in [0.2, 0.25) is 0 Å². The van der Waals surface area contributed by atoms with Gasteiger partial charge >= 0.3 is 0 Å². The van der Waals surface area contributed by atoms with Crippen LogP contribution in [0.4, 0.5) is 10.1 Å². The maximum absolute atomic E-state index is 13.1. The van der Waals surface area contributed by atoms with Gasteiger partial charge in [0.2, 0.25) is 0 Å². The van der Waals surface area contributed by atoms with Crippen LogP contribution in [-0.2, 0) is 11.2 Å². The highest BCUT2D eigenvalue weighted by atomic mass is 19.1. The van der Waals surface area contributed by atoms with Gasteiger partial charge in [-0.2, -0.15) is 5.26 Å². The topological polar surface area (TPSA) is 68.6 Å². The maximum atomic E-state index is 13.1. The summed E-state index contributed by atoms with van der Waals surface area (Å²) in [5.74, 6) is 0.271. The first-order valence-corrected chi connectivity index (χ1v) is 9.87. The van der Waals surface area contributed by atoms with Crippen molar-refractivity contribution in [1.29, 1.82) is 5.26 Å². The highest BCUT2D eigenvalue weighted by Crippen LogP contribution is 2.17. The summed E-state index contributed by atoms with van der Waals surface area (Å²) < 4.78 is 18.2. The molecule has 1 aliphatic heterocycles. The summed E-state index contributed by atoms with van der Waals surface area (Å²) in [7, 11) is 1.63. The molecule has 1 fully saturated rings. The zero-order chi connectivity index (χ0) is 21.3. The number of amides is 1. The van der Waals surface area contributed by atoms with Crippen LogP contribution in [0.5, 0.6) is 5.75 Å². The number of piperazine rings is 1. The summed E-state index contributed by atoms with van der Waals surface area (Å²) in [6.45, 7) is 2.92. The van der Waals surface area contributed by atoms with Crippen LogP contribution in [0.25, 0.3) is 0 Å². The van der Waals surface area contributed by atoms with Crippen molar-refractivity contribution in [3.63, 3.8) is 0 Å². The molecule has 3 rings (SSSR count). The number of halogens is 1. The predicted molar refractivity (Wildman–Crippen MR) is 114 cm³/mol. The Hall–Kier alpha value is -3.53. The number of carbonyl (C=O) groups excluding carboxylic acids is 1. The van der Waals surface area contributed by atoms with Gasteiger partial charge in [-0.1, -0.05) is 12.1 Å². The summed E-state index contributed by atoms with van der Waals surface area (Å²) >= 11 is 0. The Balaban J connectivity index is 1.48. The molecule has 0 atom stereocenters. The van der Waals surface area contributed by atoms with E-state index in [2.05, 4.69) is 10.2 Å². The van der Waals surface area contributed by atoms with Gasteiger partial charge in [0.1, 0.15) is 23.2 Å².